The second kappa shape index (κ2) is 5.13. The third-order valence-electron chi connectivity index (χ3n) is 4.23. The first kappa shape index (κ1) is 14.3. The van der Waals surface area contributed by atoms with Crippen LogP contribution in [-0.2, 0) is 11.3 Å². The molecular formula is C18H14N2O4. The maximum atomic E-state index is 12.3. The van der Waals surface area contributed by atoms with E-state index in [-0.39, 0.29) is 18.0 Å². The molecule has 6 nitrogen and oxygen atoms in total. The Morgan fingerprint density at radius 3 is 2.83 bits per heavy atom. The summed E-state index contributed by atoms with van der Waals surface area (Å²) in [5.74, 6) is -0.512. The van der Waals surface area contributed by atoms with Gasteiger partial charge in [0.2, 0.25) is 5.91 Å². The number of aromatic nitrogens is 1. The minimum absolute atomic E-state index is 0.111. The molecule has 0 aliphatic carbocycles. The van der Waals surface area contributed by atoms with Crippen molar-refractivity contribution in [3.8, 4) is 17.0 Å². The molecule has 2 N–H and O–H groups in total. The maximum Gasteiger partial charge on any atom is 0.335 e. The van der Waals surface area contributed by atoms with Gasteiger partial charge in [-0.3, -0.25) is 4.79 Å². The number of amides is 1. The van der Waals surface area contributed by atoms with Crippen molar-refractivity contribution in [3.05, 3.63) is 48.0 Å². The van der Waals surface area contributed by atoms with Crippen LogP contribution in [0.1, 0.15) is 10.4 Å². The average molecular weight is 322 g/mol. The van der Waals surface area contributed by atoms with Crippen LogP contribution in [0.3, 0.4) is 0 Å². The molecule has 2 aromatic carbocycles. The van der Waals surface area contributed by atoms with Crippen LogP contribution in [0.15, 0.2) is 42.5 Å². The number of carboxylic acids is 1. The van der Waals surface area contributed by atoms with Gasteiger partial charge in [0.1, 0.15) is 12.3 Å². The first-order valence-corrected chi connectivity index (χ1v) is 7.42. The molecule has 0 fully saturated rings. The average Bonchev–Trinajstić information content (AvgIpc) is 2.84. The molecule has 0 saturated carbocycles. The first-order chi connectivity index (χ1) is 11.6. The summed E-state index contributed by atoms with van der Waals surface area (Å²) in [5, 5.41) is 13.0. The number of hydrogen-bond acceptors (Lipinski definition) is 3. The molecule has 1 amide bonds. The molecule has 6 heteroatoms. The fourth-order valence-electron chi connectivity index (χ4n) is 3.17. The number of anilines is 1. The van der Waals surface area contributed by atoms with Gasteiger partial charge in [0.25, 0.3) is 0 Å². The number of nitrogens with zero attached hydrogens (tertiary/aromatic N) is 1. The molecule has 0 saturated heterocycles. The van der Waals surface area contributed by atoms with Crippen molar-refractivity contribution in [2.24, 2.45) is 0 Å². The molecule has 0 spiro atoms. The predicted molar refractivity (Wildman–Crippen MR) is 89.5 cm³/mol. The number of ether oxygens (including phenoxy) is 1. The van der Waals surface area contributed by atoms with E-state index < -0.39 is 5.97 Å². The normalized spacial score (nSPS) is 13.0. The van der Waals surface area contributed by atoms with Crippen LogP contribution >= 0.6 is 0 Å². The summed E-state index contributed by atoms with van der Waals surface area (Å²) in [7, 11) is 1.58. The van der Waals surface area contributed by atoms with Gasteiger partial charge in [-0.25, -0.2) is 4.79 Å². The summed E-state index contributed by atoms with van der Waals surface area (Å²) in [5.41, 5.74) is 3.18. The molecule has 120 valence electrons. The Balaban J connectivity index is 2.07. The number of aromatic carboxylic acids is 1. The van der Waals surface area contributed by atoms with E-state index in [1.54, 1.807) is 25.3 Å². The van der Waals surface area contributed by atoms with Gasteiger partial charge in [0, 0.05) is 10.9 Å². The van der Waals surface area contributed by atoms with E-state index in [4.69, 9.17) is 4.74 Å². The van der Waals surface area contributed by atoms with Crippen molar-refractivity contribution in [1.29, 1.82) is 0 Å². The fraction of sp³-hybridized carbons (Fsp3) is 0.111. The number of methoxy groups -OCH3 is 1. The number of rotatable bonds is 2. The molecule has 1 aliphatic heterocycles. The van der Waals surface area contributed by atoms with E-state index in [2.05, 4.69) is 5.32 Å². The molecule has 2 heterocycles. The predicted octanol–water partition coefficient (Wildman–Crippen LogP) is 2.97. The zero-order chi connectivity index (χ0) is 16.8. The minimum Gasteiger partial charge on any atom is -0.496 e. The Morgan fingerprint density at radius 2 is 2.08 bits per heavy atom. The van der Waals surface area contributed by atoms with Gasteiger partial charge in [-0.15, -0.1) is 0 Å². The number of carboxylic acid groups (broad SMARTS) is 1. The van der Waals surface area contributed by atoms with E-state index >= 15 is 0 Å². The van der Waals surface area contributed by atoms with Crippen molar-refractivity contribution >= 4 is 28.5 Å². The highest BCUT2D eigenvalue weighted by atomic mass is 16.5. The Morgan fingerprint density at radius 1 is 1.25 bits per heavy atom. The first-order valence-electron chi connectivity index (χ1n) is 7.42. The highest BCUT2D eigenvalue weighted by molar-refractivity contribution is 6.03. The number of nitrogens with one attached hydrogen (secondary N) is 1. The number of carbonyl (C=O) groups excluding carboxylic acids is 1. The summed E-state index contributed by atoms with van der Waals surface area (Å²) < 4.78 is 7.28. The molecule has 24 heavy (non-hydrogen) atoms. The summed E-state index contributed by atoms with van der Waals surface area (Å²) in [6, 6.07) is 12.3. The number of carbonyl (C=O) groups is 2. The van der Waals surface area contributed by atoms with Gasteiger partial charge in [-0.05, 0) is 30.3 Å². The molecule has 1 aromatic heterocycles. The number of benzene rings is 2. The van der Waals surface area contributed by atoms with Crippen LogP contribution in [0.25, 0.3) is 22.2 Å². The zero-order valence-corrected chi connectivity index (χ0v) is 12.9. The lowest BCUT2D eigenvalue weighted by molar-refractivity contribution is -0.116. The smallest absolute Gasteiger partial charge is 0.335 e. The maximum absolute atomic E-state index is 12.3. The van der Waals surface area contributed by atoms with Gasteiger partial charge in [-0.2, -0.15) is 0 Å². The molecule has 4 rings (SSSR count). The summed E-state index contributed by atoms with van der Waals surface area (Å²) in [6.07, 6.45) is 0. The van der Waals surface area contributed by atoms with Crippen LogP contribution in [0.2, 0.25) is 0 Å². The molecule has 0 radical (unpaired) electrons. The standard InChI is InChI=1S/C18H14N2O4/c1-24-15-4-2-3-12-17(15)14-7-10-5-6-11(18(22)23)8-13(10)20(14)9-16(21)19-12/h2-8H,9H2,1H3,(H,19,21)(H,22,23). The number of hydrogen-bond donors (Lipinski definition) is 2. The van der Waals surface area contributed by atoms with Gasteiger partial charge >= 0.3 is 5.97 Å². The summed E-state index contributed by atoms with van der Waals surface area (Å²) >= 11 is 0. The summed E-state index contributed by atoms with van der Waals surface area (Å²) in [4.78, 5) is 23.5. The third-order valence-corrected chi connectivity index (χ3v) is 4.23. The summed E-state index contributed by atoms with van der Waals surface area (Å²) in [6.45, 7) is 0.111. The third kappa shape index (κ3) is 2.04. The van der Waals surface area contributed by atoms with Gasteiger partial charge < -0.3 is 19.7 Å². The van der Waals surface area contributed by atoms with Crippen molar-refractivity contribution in [2.75, 3.05) is 12.4 Å². The molecule has 0 atom stereocenters. The van der Waals surface area contributed by atoms with E-state index in [0.29, 0.717) is 17.0 Å². The van der Waals surface area contributed by atoms with E-state index in [1.807, 2.05) is 28.8 Å². The van der Waals surface area contributed by atoms with Crippen molar-refractivity contribution in [1.82, 2.24) is 4.57 Å². The SMILES string of the molecule is COc1cccc2c1-c1cc3ccc(C(=O)O)cc3n1CC(=O)N2. The number of fused-ring (bicyclic) bond motifs is 5. The Labute approximate surface area is 137 Å². The van der Waals surface area contributed by atoms with Crippen LogP contribution in [0, 0.1) is 0 Å². The minimum atomic E-state index is -0.997. The lowest BCUT2D eigenvalue weighted by Gasteiger charge is -2.11. The van der Waals surface area contributed by atoms with Crippen molar-refractivity contribution in [3.63, 3.8) is 0 Å². The van der Waals surface area contributed by atoms with Gasteiger partial charge in [-0.1, -0.05) is 12.1 Å². The van der Waals surface area contributed by atoms with Crippen LogP contribution in [0.4, 0.5) is 5.69 Å². The van der Waals surface area contributed by atoms with E-state index in [9.17, 15) is 14.7 Å². The van der Waals surface area contributed by atoms with Gasteiger partial charge in [0.05, 0.1) is 29.6 Å². The van der Waals surface area contributed by atoms with Crippen LogP contribution in [0.5, 0.6) is 5.75 Å². The Kier molecular flexibility index (Phi) is 3.06. The highest BCUT2D eigenvalue weighted by Crippen LogP contribution is 2.41. The molecular weight excluding hydrogens is 308 g/mol. The monoisotopic (exact) mass is 322 g/mol. The van der Waals surface area contributed by atoms with Gasteiger partial charge in [0.15, 0.2) is 0 Å². The lowest BCUT2D eigenvalue weighted by atomic mass is 10.1. The second-order valence-electron chi connectivity index (χ2n) is 5.63. The molecule has 1 aliphatic rings. The van der Waals surface area contributed by atoms with Crippen molar-refractivity contribution < 1.29 is 19.4 Å². The topological polar surface area (TPSA) is 80.6 Å². The van der Waals surface area contributed by atoms with Crippen molar-refractivity contribution in [2.45, 2.75) is 6.54 Å². The van der Waals surface area contributed by atoms with E-state index in [0.717, 1.165) is 16.6 Å². The van der Waals surface area contributed by atoms with E-state index in [1.165, 1.54) is 0 Å². The second-order valence-corrected chi connectivity index (χ2v) is 5.63. The Hall–Kier alpha value is -3.28. The largest absolute Gasteiger partial charge is 0.496 e. The highest BCUT2D eigenvalue weighted by Gasteiger charge is 2.24. The molecule has 0 bridgehead atoms. The van der Waals surface area contributed by atoms with Crippen LogP contribution in [-0.4, -0.2) is 28.7 Å². The Bertz CT molecular complexity index is 1000. The lowest BCUT2D eigenvalue weighted by Crippen LogP contribution is -2.16. The molecule has 3 aromatic rings. The zero-order valence-electron chi connectivity index (χ0n) is 12.9. The molecule has 0 unspecified atom stereocenters. The fourth-order valence-corrected chi connectivity index (χ4v) is 3.17. The van der Waals surface area contributed by atoms with Crippen LogP contribution < -0.4 is 10.1 Å². The quantitative estimate of drug-likeness (QED) is 0.760.